The number of hydrogen-bond acceptors (Lipinski definition) is 4. The molecule has 21 heavy (non-hydrogen) atoms. The maximum atomic E-state index is 12.7. The summed E-state index contributed by atoms with van der Waals surface area (Å²) in [6.07, 6.45) is -1.59. The van der Waals surface area contributed by atoms with E-state index in [-0.39, 0.29) is 18.8 Å². The Morgan fingerprint density at radius 3 is 2.76 bits per heavy atom. The Morgan fingerprint density at radius 2 is 2.19 bits per heavy atom. The highest BCUT2D eigenvalue weighted by Gasteiger charge is 2.36. The Morgan fingerprint density at radius 1 is 1.43 bits per heavy atom. The van der Waals surface area contributed by atoms with E-state index in [1.807, 2.05) is 0 Å². The van der Waals surface area contributed by atoms with Gasteiger partial charge in [0.1, 0.15) is 5.69 Å². The minimum absolute atomic E-state index is 0.00192. The second-order valence-electron chi connectivity index (χ2n) is 4.15. The molecule has 0 aliphatic heterocycles. The lowest BCUT2D eigenvalue weighted by molar-refractivity contribution is -0.141. The van der Waals surface area contributed by atoms with Crippen molar-refractivity contribution in [2.24, 2.45) is 0 Å². The van der Waals surface area contributed by atoms with Gasteiger partial charge >= 0.3 is 12.1 Å². The molecule has 0 bridgehead atoms. The molecule has 0 aliphatic carbocycles. The standard InChI is InChI=1S/C13H12F3N3O2/c1-2-21-12(20)10-6-11(13(14,15)16)18-19(10)8-9-4-3-5-17-7-9/h3-7H,2,8H2,1H3. The molecule has 0 radical (unpaired) electrons. The van der Waals surface area contributed by atoms with Crippen LogP contribution >= 0.6 is 0 Å². The molecule has 0 amide bonds. The second kappa shape index (κ2) is 5.94. The smallest absolute Gasteiger partial charge is 0.435 e. The summed E-state index contributed by atoms with van der Waals surface area (Å²) >= 11 is 0. The number of alkyl halides is 3. The van der Waals surface area contributed by atoms with E-state index in [0.29, 0.717) is 11.6 Å². The molecule has 0 N–H and O–H groups in total. The van der Waals surface area contributed by atoms with Gasteiger partial charge in [0.05, 0.1) is 13.2 Å². The van der Waals surface area contributed by atoms with Crippen LogP contribution < -0.4 is 0 Å². The number of halogens is 3. The van der Waals surface area contributed by atoms with Gasteiger partial charge in [-0.3, -0.25) is 9.67 Å². The van der Waals surface area contributed by atoms with Gasteiger partial charge < -0.3 is 4.74 Å². The molecule has 2 aromatic heterocycles. The molecule has 0 fully saturated rings. The molecule has 5 nitrogen and oxygen atoms in total. The third-order valence-electron chi connectivity index (χ3n) is 2.61. The summed E-state index contributed by atoms with van der Waals surface area (Å²) in [5.41, 5.74) is -0.748. The van der Waals surface area contributed by atoms with Gasteiger partial charge in [-0.1, -0.05) is 6.07 Å². The van der Waals surface area contributed by atoms with Crippen LogP contribution in [0.5, 0.6) is 0 Å². The first-order chi connectivity index (χ1) is 9.91. The Kier molecular flexibility index (Phi) is 4.25. The zero-order valence-corrected chi connectivity index (χ0v) is 11.1. The summed E-state index contributed by atoms with van der Waals surface area (Å²) in [6.45, 7) is 1.64. The molecule has 2 heterocycles. The maximum absolute atomic E-state index is 12.7. The fraction of sp³-hybridized carbons (Fsp3) is 0.308. The Labute approximate surface area is 118 Å². The van der Waals surface area contributed by atoms with Crippen LogP contribution in [0.1, 0.15) is 28.7 Å². The summed E-state index contributed by atoms with van der Waals surface area (Å²) in [6, 6.07) is 4.01. The van der Waals surface area contributed by atoms with Crippen LogP contribution in [0.25, 0.3) is 0 Å². The molecule has 0 spiro atoms. The normalized spacial score (nSPS) is 11.4. The van der Waals surface area contributed by atoms with Gasteiger partial charge in [0.2, 0.25) is 0 Å². The molecule has 2 rings (SSSR count). The average molecular weight is 299 g/mol. The van der Waals surface area contributed by atoms with Gasteiger partial charge in [0, 0.05) is 18.5 Å². The Bertz CT molecular complexity index is 623. The van der Waals surface area contributed by atoms with Crippen molar-refractivity contribution in [2.75, 3.05) is 6.61 Å². The van der Waals surface area contributed by atoms with Crippen LogP contribution in [-0.2, 0) is 17.5 Å². The van der Waals surface area contributed by atoms with E-state index in [1.165, 1.54) is 6.20 Å². The van der Waals surface area contributed by atoms with Gasteiger partial charge in [-0.15, -0.1) is 0 Å². The van der Waals surface area contributed by atoms with Crippen molar-refractivity contribution in [3.8, 4) is 0 Å². The van der Waals surface area contributed by atoms with E-state index in [1.54, 1.807) is 25.3 Å². The van der Waals surface area contributed by atoms with Crippen molar-refractivity contribution >= 4 is 5.97 Å². The quantitative estimate of drug-likeness (QED) is 0.814. The molecule has 8 heteroatoms. The fourth-order valence-corrected chi connectivity index (χ4v) is 1.71. The predicted octanol–water partition coefficient (Wildman–Crippen LogP) is 2.52. The van der Waals surface area contributed by atoms with Crippen molar-refractivity contribution in [1.29, 1.82) is 0 Å². The lowest BCUT2D eigenvalue weighted by Gasteiger charge is -2.06. The van der Waals surface area contributed by atoms with E-state index < -0.39 is 17.8 Å². The maximum Gasteiger partial charge on any atom is 0.435 e. The minimum Gasteiger partial charge on any atom is -0.461 e. The molecule has 0 aromatic carbocycles. The summed E-state index contributed by atoms with van der Waals surface area (Å²) in [5, 5.41) is 3.44. The number of ether oxygens (including phenoxy) is 1. The van der Waals surface area contributed by atoms with E-state index in [2.05, 4.69) is 10.1 Å². The van der Waals surface area contributed by atoms with Crippen LogP contribution in [0.3, 0.4) is 0 Å². The Hall–Kier alpha value is -2.38. The number of aromatic nitrogens is 3. The summed E-state index contributed by atoms with van der Waals surface area (Å²) in [4.78, 5) is 15.6. The summed E-state index contributed by atoms with van der Waals surface area (Å²) in [7, 11) is 0. The second-order valence-corrected chi connectivity index (χ2v) is 4.15. The number of carbonyl (C=O) groups is 1. The number of esters is 1. The van der Waals surface area contributed by atoms with Gasteiger partial charge in [0.15, 0.2) is 5.69 Å². The molecule has 0 saturated heterocycles. The minimum atomic E-state index is -4.62. The fourth-order valence-electron chi connectivity index (χ4n) is 1.71. The number of hydrogen-bond donors (Lipinski definition) is 0. The van der Waals surface area contributed by atoms with E-state index >= 15 is 0 Å². The van der Waals surface area contributed by atoms with Crippen LogP contribution in [0.4, 0.5) is 13.2 Å². The molecule has 0 atom stereocenters. The summed E-state index contributed by atoms with van der Waals surface area (Å²) < 4.78 is 43.9. The Balaban J connectivity index is 2.37. The first-order valence-corrected chi connectivity index (χ1v) is 6.13. The van der Waals surface area contributed by atoms with Crippen molar-refractivity contribution in [1.82, 2.24) is 14.8 Å². The SMILES string of the molecule is CCOC(=O)c1cc(C(F)(F)F)nn1Cc1cccnc1. The van der Waals surface area contributed by atoms with Crippen molar-refractivity contribution in [3.63, 3.8) is 0 Å². The van der Waals surface area contributed by atoms with Gasteiger partial charge in [-0.25, -0.2) is 4.79 Å². The molecule has 112 valence electrons. The number of rotatable bonds is 4. The number of nitrogens with zero attached hydrogens (tertiary/aromatic N) is 3. The summed E-state index contributed by atoms with van der Waals surface area (Å²) in [5.74, 6) is -0.843. The lowest BCUT2D eigenvalue weighted by atomic mass is 10.3. The predicted molar refractivity (Wildman–Crippen MR) is 66.5 cm³/mol. The number of pyridine rings is 1. The highest BCUT2D eigenvalue weighted by molar-refractivity contribution is 5.87. The monoisotopic (exact) mass is 299 g/mol. The first kappa shape index (κ1) is 15.0. The molecular formula is C13H12F3N3O2. The molecule has 0 saturated carbocycles. The largest absolute Gasteiger partial charge is 0.461 e. The third kappa shape index (κ3) is 3.59. The van der Waals surface area contributed by atoms with Crippen molar-refractivity contribution in [3.05, 3.63) is 47.5 Å². The van der Waals surface area contributed by atoms with E-state index in [4.69, 9.17) is 4.74 Å². The van der Waals surface area contributed by atoms with Gasteiger partial charge in [-0.2, -0.15) is 18.3 Å². The van der Waals surface area contributed by atoms with Crippen molar-refractivity contribution < 1.29 is 22.7 Å². The van der Waals surface area contributed by atoms with Crippen LogP contribution in [0.2, 0.25) is 0 Å². The molecule has 0 aliphatic rings. The zero-order chi connectivity index (χ0) is 15.5. The van der Waals surface area contributed by atoms with Crippen molar-refractivity contribution in [2.45, 2.75) is 19.6 Å². The van der Waals surface area contributed by atoms with Crippen LogP contribution in [0.15, 0.2) is 30.6 Å². The van der Waals surface area contributed by atoms with E-state index in [9.17, 15) is 18.0 Å². The van der Waals surface area contributed by atoms with Crippen LogP contribution in [-0.4, -0.2) is 27.3 Å². The topological polar surface area (TPSA) is 57.0 Å². The van der Waals surface area contributed by atoms with E-state index in [0.717, 1.165) is 4.68 Å². The zero-order valence-electron chi connectivity index (χ0n) is 11.1. The highest BCUT2D eigenvalue weighted by atomic mass is 19.4. The molecule has 0 unspecified atom stereocenters. The highest BCUT2D eigenvalue weighted by Crippen LogP contribution is 2.29. The molecule has 2 aromatic rings. The first-order valence-electron chi connectivity index (χ1n) is 6.13. The van der Waals surface area contributed by atoms with Crippen LogP contribution in [0, 0.1) is 0 Å². The average Bonchev–Trinajstić information content (AvgIpc) is 2.84. The third-order valence-corrected chi connectivity index (χ3v) is 2.61. The van der Waals surface area contributed by atoms with Gasteiger partial charge in [0.25, 0.3) is 0 Å². The lowest BCUT2D eigenvalue weighted by Crippen LogP contribution is -2.14. The number of carbonyl (C=O) groups excluding carboxylic acids is 1. The molecular weight excluding hydrogens is 287 g/mol. The van der Waals surface area contributed by atoms with Gasteiger partial charge in [-0.05, 0) is 18.6 Å².